The molecule has 2 nitrogen and oxygen atoms in total. The molecule has 3 heteroatoms. The van der Waals surface area contributed by atoms with E-state index >= 15 is 0 Å². The van der Waals surface area contributed by atoms with Crippen molar-refractivity contribution in [1.82, 2.24) is 0 Å². The first-order valence-corrected chi connectivity index (χ1v) is 6.74. The molecule has 1 aromatic carbocycles. The number of methoxy groups -OCH3 is 1. The molecule has 2 rings (SSSR count). The van der Waals surface area contributed by atoms with E-state index in [-0.39, 0.29) is 6.10 Å². The van der Waals surface area contributed by atoms with Crippen LogP contribution in [0.25, 0.3) is 5.57 Å². The first-order chi connectivity index (χ1) is 9.11. The van der Waals surface area contributed by atoms with Crippen LogP contribution in [0.2, 0.25) is 5.02 Å². The third-order valence-corrected chi connectivity index (χ3v) is 3.07. The molecule has 0 amide bonds. The van der Waals surface area contributed by atoms with Gasteiger partial charge in [-0.15, -0.1) is 0 Å². The van der Waals surface area contributed by atoms with Gasteiger partial charge < -0.3 is 9.47 Å². The molecule has 0 saturated carbocycles. The molecule has 0 heterocycles. The van der Waals surface area contributed by atoms with Crippen LogP contribution in [0.15, 0.2) is 41.9 Å². The molecule has 1 aromatic rings. The van der Waals surface area contributed by atoms with Crippen LogP contribution in [0.1, 0.15) is 25.8 Å². The second-order valence-electron chi connectivity index (χ2n) is 4.63. The predicted molar refractivity (Wildman–Crippen MR) is 78.6 cm³/mol. The summed E-state index contributed by atoms with van der Waals surface area (Å²) in [5.74, 6) is 1.59. The normalized spacial score (nSPS) is 15.5. The summed E-state index contributed by atoms with van der Waals surface area (Å²) < 4.78 is 11.3. The molecule has 0 spiro atoms. The molecular weight excluding hydrogens is 260 g/mol. The van der Waals surface area contributed by atoms with E-state index in [1.54, 1.807) is 7.11 Å². The summed E-state index contributed by atoms with van der Waals surface area (Å²) in [4.78, 5) is 0. The van der Waals surface area contributed by atoms with Gasteiger partial charge in [0.1, 0.15) is 0 Å². The van der Waals surface area contributed by atoms with Gasteiger partial charge in [-0.05, 0) is 50.5 Å². The van der Waals surface area contributed by atoms with Crippen LogP contribution < -0.4 is 0 Å². The first-order valence-electron chi connectivity index (χ1n) is 6.36. The van der Waals surface area contributed by atoms with Gasteiger partial charge in [0.05, 0.1) is 13.2 Å². The smallest absolute Gasteiger partial charge is 0.165 e. The Morgan fingerprint density at radius 3 is 2.42 bits per heavy atom. The number of benzene rings is 1. The lowest BCUT2D eigenvalue weighted by Crippen LogP contribution is -2.11. The summed E-state index contributed by atoms with van der Waals surface area (Å²) in [5.41, 5.74) is 2.15. The zero-order valence-electron chi connectivity index (χ0n) is 11.4. The molecule has 19 heavy (non-hydrogen) atoms. The molecule has 0 unspecified atom stereocenters. The fourth-order valence-corrected chi connectivity index (χ4v) is 2.14. The summed E-state index contributed by atoms with van der Waals surface area (Å²) in [6.45, 7) is 4.02. The number of allylic oxidation sites excluding steroid dienone is 2. The number of hydrogen-bond acceptors (Lipinski definition) is 2. The largest absolute Gasteiger partial charge is 0.493 e. The maximum Gasteiger partial charge on any atom is 0.165 e. The highest BCUT2D eigenvalue weighted by Gasteiger charge is 2.20. The monoisotopic (exact) mass is 277 g/mol. The van der Waals surface area contributed by atoms with Gasteiger partial charge in [0.2, 0.25) is 0 Å². The van der Waals surface area contributed by atoms with Crippen LogP contribution in [-0.4, -0.2) is 13.2 Å². The Balaban J connectivity index is 2.44. The van der Waals surface area contributed by atoms with Crippen LogP contribution in [0.5, 0.6) is 0 Å². The Labute approximate surface area is 119 Å². The van der Waals surface area contributed by atoms with Gasteiger partial charge in [-0.3, -0.25) is 0 Å². The first kappa shape index (κ1) is 14.0. The van der Waals surface area contributed by atoms with Crippen molar-refractivity contribution in [3.05, 3.63) is 58.9 Å². The Bertz CT molecular complexity index is 498. The molecule has 0 atom stereocenters. The second kappa shape index (κ2) is 6.16. The summed E-state index contributed by atoms with van der Waals surface area (Å²) in [6, 6.07) is 7.76. The molecule has 1 radical (unpaired) electrons. The Morgan fingerprint density at radius 2 is 1.84 bits per heavy atom. The van der Waals surface area contributed by atoms with Crippen LogP contribution >= 0.6 is 11.6 Å². The van der Waals surface area contributed by atoms with E-state index in [4.69, 9.17) is 21.1 Å². The van der Waals surface area contributed by atoms with E-state index < -0.39 is 0 Å². The SMILES string of the molecule is COC1=CC[CH]C(c2ccc(Cl)cc2)=C1OC(C)C. The third kappa shape index (κ3) is 3.32. The zero-order chi connectivity index (χ0) is 13.8. The van der Waals surface area contributed by atoms with Crippen molar-refractivity contribution in [1.29, 1.82) is 0 Å². The fourth-order valence-electron chi connectivity index (χ4n) is 2.01. The molecule has 0 aromatic heterocycles. The highest BCUT2D eigenvalue weighted by atomic mass is 35.5. The molecule has 0 aliphatic heterocycles. The van der Waals surface area contributed by atoms with E-state index in [1.807, 2.05) is 44.2 Å². The maximum absolute atomic E-state index is 5.93. The Hall–Kier alpha value is -1.41. The Morgan fingerprint density at radius 1 is 1.16 bits per heavy atom. The highest BCUT2D eigenvalue weighted by molar-refractivity contribution is 6.30. The van der Waals surface area contributed by atoms with Gasteiger partial charge in [-0.25, -0.2) is 0 Å². The topological polar surface area (TPSA) is 18.5 Å². The third-order valence-electron chi connectivity index (χ3n) is 2.82. The van der Waals surface area contributed by atoms with E-state index in [0.717, 1.165) is 34.1 Å². The number of halogens is 1. The average Bonchev–Trinajstić information content (AvgIpc) is 2.39. The van der Waals surface area contributed by atoms with Gasteiger partial charge in [0, 0.05) is 10.6 Å². The van der Waals surface area contributed by atoms with Crippen molar-refractivity contribution >= 4 is 17.2 Å². The van der Waals surface area contributed by atoms with Crippen molar-refractivity contribution in [2.45, 2.75) is 26.4 Å². The van der Waals surface area contributed by atoms with Crippen molar-refractivity contribution in [2.75, 3.05) is 7.11 Å². The van der Waals surface area contributed by atoms with Crippen LogP contribution in [-0.2, 0) is 9.47 Å². The number of ether oxygens (including phenoxy) is 2. The molecular formula is C16H18ClO2. The van der Waals surface area contributed by atoms with E-state index in [0.29, 0.717) is 0 Å². The lowest BCUT2D eigenvalue weighted by Gasteiger charge is -2.23. The average molecular weight is 278 g/mol. The van der Waals surface area contributed by atoms with E-state index in [9.17, 15) is 0 Å². The lowest BCUT2D eigenvalue weighted by atomic mass is 9.95. The summed E-state index contributed by atoms with van der Waals surface area (Å²) in [6.07, 6.45) is 5.11. The van der Waals surface area contributed by atoms with Crippen LogP contribution in [0.3, 0.4) is 0 Å². The number of rotatable bonds is 4. The maximum atomic E-state index is 5.93. The van der Waals surface area contributed by atoms with Crippen molar-refractivity contribution in [3.63, 3.8) is 0 Å². The second-order valence-corrected chi connectivity index (χ2v) is 5.07. The van der Waals surface area contributed by atoms with E-state index in [1.165, 1.54) is 0 Å². The van der Waals surface area contributed by atoms with Gasteiger partial charge in [0.25, 0.3) is 0 Å². The minimum atomic E-state index is 0.0994. The van der Waals surface area contributed by atoms with Gasteiger partial charge in [-0.1, -0.05) is 23.7 Å². The minimum Gasteiger partial charge on any atom is -0.493 e. The Kier molecular flexibility index (Phi) is 4.54. The summed E-state index contributed by atoms with van der Waals surface area (Å²) >= 11 is 5.93. The molecule has 0 fully saturated rings. The van der Waals surface area contributed by atoms with Crippen molar-refractivity contribution in [3.8, 4) is 0 Å². The van der Waals surface area contributed by atoms with Gasteiger partial charge in [-0.2, -0.15) is 0 Å². The summed E-state index contributed by atoms with van der Waals surface area (Å²) in [7, 11) is 1.67. The molecule has 1 aliphatic rings. The highest BCUT2D eigenvalue weighted by Crippen LogP contribution is 2.34. The lowest BCUT2D eigenvalue weighted by molar-refractivity contribution is 0.127. The van der Waals surface area contributed by atoms with Gasteiger partial charge in [0.15, 0.2) is 11.5 Å². The molecule has 101 valence electrons. The zero-order valence-corrected chi connectivity index (χ0v) is 12.2. The molecule has 0 N–H and O–H groups in total. The molecule has 0 bridgehead atoms. The predicted octanol–water partition coefficient (Wildman–Crippen LogP) is 4.61. The molecule has 1 aliphatic carbocycles. The summed E-state index contributed by atoms with van der Waals surface area (Å²) in [5, 5.41) is 0.731. The minimum absolute atomic E-state index is 0.0994. The quantitative estimate of drug-likeness (QED) is 0.800. The van der Waals surface area contributed by atoms with Crippen molar-refractivity contribution < 1.29 is 9.47 Å². The van der Waals surface area contributed by atoms with Crippen LogP contribution in [0.4, 0.5) is 0 Å². The van der Waals surface area contributed by atoms with E-state index in [2.05, 4.69) is 6.42 Å². The van der Waals surface area contributed by atoms with Gasteiger partial charge >= 0.3 is 0 Å². The van der Waals surface area contributed by atoms with Crippen LogP contribution in [0, 0.1) is 6.42 Å². The number of hydrogen-bond donors (Lipinski definition) is 0. The van der Waals surface area contributed by atoms with Crippen molar-refractivity contribution in [2.24, 2.45) is 0 Å². The standard InChI is InChI=1S/C16H18ClO2/c1-11(2)19-16-14(5-4-6-15(16)18-3)12-7-9-13(17)10-8-12/h5-11H,4H2,1-3H3. The molecule has 0 saturated heterocycles. The fraction of sp³-hybridized carbons (Fsp3) is 0.312.